The number of para-hydroxylation sites is 2. The summed E-state index contributed by atoms with van der Waals surface area (Å²) in [4.78, 5) is 44.5. The van der Waals surface area contributed by atoms with E-state index in [0.717, 1.165) is 44.0 Å². The molecule has 1 atom stereocenters. The first-order valence-corrected chi connectivity index (χ1v) is 12.5. The van der Waals surface area contributed by atoms with Crippen molar-refractivity contribution in [2.75, 3.05) is 63.1 Å². The topological polar surface area (TPSA) is 94.2 Å². The van der Waals surface area contributed by atoms with Gasteiger partial charge in [0.05, 0.1) is 25.8 Å². The Morgan fingerprint density at radius 1 is 1.03 bits per heavy atom. The van der Waals surface area contributed by atoms with Crippen LogP contribution < -0.4 is 20.3 Å². The number of anilines is 2. The van der Waals surface area contributed by atoms with Gasteiger partial charge in [-0.3, -0.25) is 19.3 Å². The van der Waals surface area contributed by atoms with E-state index in [1.54, 1.807) is 12.0 Å². The molecule has 0 radical (unpaired) electrons. The number of hydrogen-bond donors (Lipinski definition) is 2. The van der Waals surface area contributed by atoms with Gasteiger partial charge in [-0.2, -0.15) is 0 Å². The number of carbonyl (C=O) groups is 3. The summed E-state index contributed by atoms with van der Waals surface area (Å²) in [5.41, 5.74) is 2.91. The Kier molecular flexibility index (Phi) is 8.43. The zero-order valence-electron chi connectivity index (χ0n) is 21.0. The molecule has 4 rings (SSSR count). The van der Waals surface area contributed by atoms with E-state index in [9.17, 15) is 14.4 Å². The van der Waals surface area contributed by atoms with Crippen molar-refractivity contribution in [3.05, 3.63) is 54.1 Å². The average Bonchev–Trinajstić information content (AvgIpc) is 2.90. The van der Waals surface area contributed by atoms with Crippen molar-refractivity contribution in [1.29, 1.82) is 0 Å². The molecule has 2 aromatic carbocycles. The van der Waals surface area contributed by atoms with E-state index >= 15 is 0 Å². The van der Waals surface area contributed by atoms with E-state index in [-0.39, 0.29) is 30.7 Å². The number of nitrogens with zero attached hydrogens (tertiary/aromatic N) is 3. The fourth-order valence-electron chi connectivity index (χ4n) is 4.75. The molecule has 0 aromatic heterocycles. The molecule has 2 N–H and O–H groups in total. The lowest BCUT2D eigenvalue weighted by Crippen LogP contribution is -2.60. The van der Waals surface area contributed by atoms with Crippen LogP contribution in [0.1, 0.15) is 18.9 Å². The van der Waals surface area contributed by atoms with Gasteiger partial charge in [0.15, 0.2) is 0 Å². The van der Waals surface area contributed by atoms with E-state index in [0.29, 0.717) is 18.8 Å². The number of amides is 3. The molecule has 0 aliphatic carbocycles. The number of nitrogens with one attached hydrogen (secondary N) is 2. The Morgan fingerprint density at radius 2 is 1.75 bits per heavy atom. The quantitative estimate of drug-likeness (QED) is 0.582. The molecule has 3 amide bonds. The van der Waals surface area contributed by atoms with Crippen LogP contribution in [0.5, 0.6) is 5.75 Å². The lowest BCUT2D eigenvalue weighted by molar-refractivity contribution is -0.145. The van der Waals surface area contributed by atoms with Crippen LogP contribution in [0.3, 0.4) is 0 Å². The SMILES string of the molecule is CCc1ccc(NC(=O)C[C@H]2C(=O)NCCN2C(=O)CN2CCN(c3ccccc3OC)CC2)cc1. The molecule has 2 saturated heterocycles. The Hall–Kier alpha value is -3.59. The molecule has 192 valence electrons. The van der Waals surface area contributed by atoms with Gasteiger partial charge >= 0.3 is 0 Å². The molecule has 0 unspecified atom stereocenters. The highest BCUT2D eigenvalue weighted by Crippen LogP contribution is 2.28. The first-order valence-electron chi connectivity index (χ1n) is 12.5. The number of piperazine rings is 2. The van der Waals surface area contributed by atoms with Gasteiger partial charge in [-0.15, -0.1) is 0 Å². The molecule has 2 aliphatic rings. The van der Waals surface area contributed by atoms with Crippen LogP contribution in [0.4, 0.5) is 11.4 Å². The summed E-state index contributed by atoms with van der Waals surface area (Å²) >= 11 is 0. The molecule has 36 heavy (non-hydrogen) atoms. The van der Waals surface area contributed by atoms with Crippen LogP contribution in [0.2, 0.25) is 0 Å². The third-order valence-corrected chi connectivity index (χ3v) is 6.83. The second-order valence-electron chi connectivity index (χ2n) is 9.13. The van der Waals surface area contributed by atoms with Crippen LogP contribution in [0.15, 0.2) is 48.5 Å². The Bertz CT molecular complexity index is 1070. The molecular weight excluding hydrogens is 458 g/mol. The fourth-order valence-corrected chi connectivity index (χ4v) is 4.75. The monoisotopic (exact) mass is 493 g/mol. The maximum absolute atomic E-state index is 13.2. The van der Waals surface area contributed by atoms with E-state index < -0.39 is 6.04 Å². The van der Waals surface area contributed by atoms with E-state index in [4.69, 9.17) is 4.74 Å². The molecule has 9 nitrogen and oxygen atoms in total. The number of ether oxygens (including phenoxy) is 1. The number of aryl methyl sites for hydroxylation is 1. The number of carbonyl (C=O) groups excluding carboxylic acids is 3. The highest BCUT2D eigenvalue weighted by atomic mass is 16.5. The van der Waals surface area contributed by atoms with Crippen molar-refractivity contribution in [2.24, 2.45) is 0 Å². The summed E-state index contributed by atoms with van der Waals surface area (Å²) in [5, 5.41) is 5.64. The summed E-state index contributed by atoms with van der Waals surface area (Å²) in [6, 6.07) is 14.8. The molecule has 0 spiro atoms. The largest absolute Gasteiger partial charge is 0.495 e. The summed E-state index contributed by atoms with van der Waals surface area (Å²) in [7, 11) is 1.67. The van der Waals surface area contributed by atoms with Crippen LogP contribution in [0.25, 0.3) is 0 Å². The zero-order valence-corrected chi connectivity index (χ0v) is 21.0. The first-order chi connectivity index (χ1) is 17.5. The van der Waals surface area contributed by atoms with Gasteiger partial charge in [-0.05, 0) is 36.2 Å². The Balaban J connectivity index is 1.32. The lowest BCUT2D eigenvalue weighted by Gasteiger charge is -2.39. The van der Waals surface area contributed by atoms with Crippen molar-refractivity contribution in [3.63, 3.8) is 0 Å². The Labute approximate surface area is 212 Å². The van der Waals surface area contributed by atoms with Crippen molar-refractivity contribution < 1.29 is 19.1 Å². The van der Waals surface area contributed by atoms with Crippen molar-refractivity contribution in [1.82, 2.24) is 15.1 Å². The number of rotatable bonds is 8. The maximum Gasteiger partial charge on any atom is 0.243 e. The Morgan fingerprint density at radius 3 is 2.44 bits per heavy atom. The number of methoxy groups -OCH3 is 1. The summed E-state index contributed by atoms with van der Waals surface area (Å²) in [6.45, 7) is 6.08. The maximum atomic E-state index is 13.2. The molecule has 2 fully saturated rings. The smallest absolute Gasteiger partial charge is 0.243 e. The summed E-state index contributed by atoms with van der Waals surface area (Å²) < 4.78 is 5.48. The van der Waals surface area contributed by atoms with Crippen LogP contribution in [-0.2, 0) is 20.8 Å². The first kappa shape index (κ1) is 25.5. The van der Waals surface area contributed by atoms with Crippen LogP contribution in [0, 0.1) is 0 Å². The van der Waals surface area contributed by atoms with Crippen LogP contribution in [-0.4, -0.2) is 86.5 Å². The second-order valence-corrected chi connectivity index (χ2v) is 9.13. The number of hydrogen-bond acceptors (Lipinski definition) is 6. The van der Waals surface area contributed by atoms with Gasteiger partial charge in [0.25, 0.3) is 0 Å². The molecule has 0 saturated carbocycles. The standard InChI is InChI=1S/C27H35N5O4/c1-3-20-8-10-21(11-9-20)29-25(33)18-23-27(35)28-12-13-32(23)26(34)19-30-14-16-31(17-15-30)22-6-4-5-7-24(22)36-2/h4-11,23H,3,12-19H2,1-2H3,(H,28,35)(H,29,33)/t23-/m0/s1. The third kappa shape index (κ3) is 6.15. The van der Waals surface area contributed by atoms with Gasteiger partial charge in [0.1, 0.15) is 11.8 Å². The average molecular weight is 494 g/mol. The summed E-state index contributed by atoms with van der Waals surface area (Å²) in [6.07, 6.45) is 0.845. The minimum absolute atomic E-state index is 0.0747. The molecule has 2 aromatic rings. The fraction of sp³-hybridized carbons (Fsp3) is 0.444. The van der Waals surface area contributed by atoms with E-state index in [1.807, 2.05) is 48.5 Å². The predicted octanol–water partition coefficient (Wildman–Crippen LogP) is 1.74. The highest BCUT2D eigenvalue weighted by Gasteiger charge is 2.35. The number of benzene rings is 2. The van der Waals surface area contributed by atoms with Crippen molar-refractivity contribution >= 4 is 29.1 Å². The van der Waals surface area contributed by atoms with Gasteiger partial charge in [0.2, 0.25) is 17.7 Å². The third-order valence-electron chi connectivity index (χ3n) is 6.83. The van der Waals surface area contributed by atoms with Gasteiger partial charge in [0, 0.05) is 45.0 Å². The summed E-state index contributed by atoms with van der Waals surface area (Å²) in [5.74, 6) is 0.140. The van der Waals surface area contributed by atoms with E-state index in [1.165, 1.54) is 5.56 Å². The molecule has 0 bridgehead atoms. The van der Waals surface area contributed by atoms with Crippen molar-refractivity contribution in [3.8, 4) is 5.75 Å². The van der Waals surface area contributed by atoms with E-state index in [2.05, 4.69) is 27.4 Å². The minimum atomic E-state index is -0.809. The second kappa shape index (κ2) is 11.9. The highest BCUT2D eigenvalue weighted by molar-refractivity contribution is 5.97. The van der Waals surface area contributed by atoms with Gasteiger partial charge in [-0.1, -0.05) is 31.2 Å². The molecule has 2 aliphatic heterocycles. The molecule has 2 heterocycles. The lowest BCUT2D eigenvalue weighted by atomic mass is 10.1. The van der Waals surface area contributed by atoms with Gasteiger partial charge < -0.3 is 25.2 Å². The molecule has 9 heteroatoms. The molecular formula is C27H35N5O4. The van der Waals surface area contributed by atoms with Gasteiger partial charge in [-0.25, -0.2) is 0 Å². The predicted molar refractivity (Wildman–Crippen MR) is 139 cm³/mol. The minimum Gasteiger partial charge on any atom is -0.495 e. The normalized spacial score (nSPS) is 18.5. The van der Waals surface area contributed by atoms with Crippen LogP contribution >= 0.6 is 0 Å². The van der Waals surface area contributed by atoms with Crippen molar-refractivity contribution in [2.45, 2.75) is 25.8 Å². The zero-order chi connectivity index (χ0) is 25.5.